The predicted octanol–water partition coefficient (Wildman–Crippen LogP) is 1.05. The molecule has 0 amide bonds. The van der Waals surface area contributed by atoms with Crippen molar-refractivity contribution in [3.8, 4) is 5.75 Å². The van der Waals surface area contributed by atoms with Crippen molar-refractivity contribution in [2.75, 3.05) is 0 Å². The molecule has 0 bridgehead atoms. The molecule has 1 unspecified atom stereocenters. The van der Waals surface area contributed by atoms with E-state index in [1.165, 1.54) is 12.1 Å². The van der Waals surface area contributed by atoms with Gasteiger partial charge in [-0.25, -0.2) is 4.39 Å². The molecule has 0 aliphatic rings. The minimum absolute atomic E-state index is 0.0513. The minimum Gasteiger partial charge on any atom is -0.505 e. The van der Waals surface area contributed by atoms with Crippen molar-refractivity contribution < 1.29 is 19.4 Å². The van der Waals surface area contributed by atoms with Crippen molar-refractivity contribution in [3.05, 3.63) is 29.1 Å². The van der Waals surface area contributed by atoms with Crippen molar-refractivity contribution >= 4 is 5.97 Å². The maximum absolute atomic E-state index is 13.5. The molecule has 1 atom stereocenters. The first kappa shape index (κ1) is 12.4. The quantitative estimate of drug-likeness (QED) is 0.717. The standard InChI is InChI=1S/C11H14FNO3/c1-2-7-6(5-8(13)11(15)16)3-4-9(14)10(7)12/h3-4,8,14H,2,5,13H2,1H3,(H,15,16). The van der Waals surface area contributed by atoms with Gasteiger partial charge in [0, 0.05) is 0 Å². The number of phenolic OH excluding ortho intramolecular Hbond substituents is 1. The fourth-order valence-corrected chi connectivity index (χ4v) is 1.55. The van der Waals surface area contributed by atoms with Crippen molar-refractivity contribution in [1.29, 1.82) is 0 Å². The van der Waals surface area contributed by atoms with Crippen molar-refractivity contribution in [3.63, 3.8) is 0 Å². The number of hydrogen-bond donors (Lipinski definition) is 3. The second-order valence-electron chi connectivity index (χ2n) is 3.54. The maximum Gasteiger partial charge on any atom is 0.320 e. The second kappa shape index (κ2) is 4.94. The van der Waals surface area contributed by atoms with Crippen LogP contribution >= 0.6 is 0 Å². The highest BCUT2D eigenvalue weighted by Gasteiger charge is 2.17. The summed E-state index contributed by atoms with van der Waals surface area (Å²) in [6.07, 6.45) is 0.428. The van der Waals surface area contributed by atoms with E-state index in [-0.39, 0.29) is 6.42 Å². The zero-order valence-corrected chi connectivity index (χ0v) is 8.90. The molecule has 0 saturated carbocycles. The number of hydrogen-bond acceptors (Lipinski definition) is 3. The Labute approximate surface area is 92.5 Å². The summed E-state index contributed by atoms with van der Waals surface area (Å²) in [5.41, 5.74) is 6.21. The number of aromatic hydroxyl groups is 1. The highest BCUT2D eigenvalue weighted by atomic mass is 19.1. The molecule has 1 aromatic rings. The molecule has 0 saturated heterocycles. The van der Waals surface area contributed by atoms with Gasteiger partial charge in [-0.3, -0.25) is 4.79 Å². The third-order valence-electron chi connectivity index (χ3n) is 2.43. The first-order valence-corrected chi connectivity index (χ1v) is 4.95. The Morgan fingerprint density at radius 2 is 2.19 bits per heavy atom. The van der Waals surface area contributed by atoms with Crippen LogP contribution in [0.4, 0.5) is 4.39 Å². The molecule has 0 aromatic heterocycles. The molecule has 4 nitrogen and oxygen atoms in total. The lowest BCUT2D eigenvalue weighted by Crippen LogP contribution is -2.32. The number of halogens is 1. The maximum atomic E-state index is 13.5. The van der Waals surface area contributed by atoms with Crippen LogP contribution in [0.15, 0.2) is 12.1 Å². The van der Waals surface area contributed by atoms with Gasteiger partial charge in [-0.2, -0.15) is 0 Å². The van der Waals surface area contributed by atoms with E-state index in [0.717, 1.165) is 0 Å². The van der Waals surface area contributed by atoms with E-state index in [0.29, 0.717) is 17.5 Å². The average Bonchev–Trinajstić information content (AvgIpc) is 2.23. The van der Waals surface area contributed by atoms with Crippen molar-refractivity contribution in [2.24, 2.45) is 5.73 Å². The topological polar surface area (TPSA) is 83.6 Å². The van der Waals surface area contributed by atoms with E-state index in [2.05, 4.69) is 0 Å². The molecule has 16 heavy (non-hydrogen) atoms. The Kier molecular flexibility index (Phi) is 3.84. The first-order chi connectivity index (χ1) is 7.47. The lowest BCUT2D eigenvalue weighted by molar-refractivity contribution is -0.138. The van der Waals surface area contributed by atoms with Crippen LogP contribution in [0.3, 0.4) is 0 Å². The fourth-order valence-electron chi connectivity index (χ4n) is 1.55. The van der Waals surface area contributed by atoms with Crippen LogP contribution in [-0.2, 0) is 17.6 Å². The van der Waals surface area contributed by atoms with Gasteiger partial charge in [0.2, 0.25) is 0 Å². The number of phenols is 1. The number of carbonyl (C=O) groups is 1. The molecule has 0 heterocycles. The fraction of sp³-hybridized carbons (Fsp3) is 0.364. The van der Waals surface area contributed by atoms with E-state index in [9.17, 15) is 14.3 Å². The molecule has 1 aromatic carbocycles. The predicted molar refractivity (Wildman–Crippen MR) is 56.8 cm³/mol. The summed E-state index contributed by atoms with van der Waals surface area (Å²) < 4.78 is 13.5. The third-order valence-corrected chi connectivity index (χ3v) is 2.43. The van der Waals surface area contributed by atoms with E-state index in [1.54, 1.807) is 6.92 Å². The average molecular weight is 227 g/mol. The van der Waals surface area contributed by atoms with Crippen molar-refractivity contribution in [2.45, 2.75) is 25.8 Å². The molecule has 0 aliphatic carbocycles. The summed E-state index contributed by atoms with van der Waals surface area (Å²) in [5, 5.41) is 17.8. The molecule has 0 spiro atoms. The Bertz CT molecular complexity index is 406. The second-order valence-corrected chi connectivity index (χ2v) is 3.54. The SMILES string of the molecule is CCc1c(CC(N)C(=O)O)ccc(O)c1F. The Morgan fingerprint density at radius 3 is 2.69 bits per heavy atom. The minimum atomic E-state index is -1.13. The van der Waals surface area contributed by atoms with Crippen LogP contribution in [0.25, 0.3) is 0 Å². The summed E-state index contributed by atoms with van der Waals surface area (Å²) in [5.74, 6) is -2.25. The van der Waals surface area contributed by atoms with Gasteiger partial charge in [0.05, 0.1) is 0 Å². The van der Waals surface area contributed by atoms with Crippen LogP contribution in [0.5, 0.6) is 5.75 Å². The third kappa shape index (κ3) is 2.49. The highest BCUT2D eigenvalue weighted by molar-refractivity contribution is 5.73. The van der Waals surface area contributed by atoms with Gasteiger partial charge in [-0.1, -0.05) is 13.0 Å². The number of nitrogens with two attached hydrogens (primary N) is 1. The number of benzene rings is 1. The Hall–Kier alpha value is -1.62. The van der Waals surface area contributed by atoms with Crippen molar-refractivity contribution in [1.82, 2.24) is 0 Å². The van der Waals surface area contributed by atoms with Crippen LogP contribution in [0.2, 0.25) is 0 Å². The normalized spacial score (nSPS) is 12.4. The smallest absolute Gasteiger partial charge is 0.320 e. The summed E-state index contributed by atoms with van der Waals surface area (Å²) >= 11 is 0. The summed E-state index contributed by atoms with van der Waals surface area (Å²) in [4.78, 5) is 10.6. The van der Waals surface area contributed by atoms with Gasteiger partial charge in [0.25, 0.3) is 0 Å². The molecule has 0 fully saturated rings. The Balaban J connectivity index is 3.05. The molecular formula is C11H14FNO3. The monoisotopic (exact) mass is 227 g/mol. The summed E-state index contributed by atoms with van der Waals surface area (Å²) in [7, 11) is 0. The number of carboxylic acid groups (broad SMARTS) is 1. The number of rotatable bonds is 4. The van der Waals surface area contributed by atoms with Crippen LogP contribution in [-0.4, -0.2) is 22.2 Å². The molecule has 88 valence electrons. The van der Waals surface area contributed by atoms with E-state index in [4.69, 9.17) is 10.8 Å². The zero-order chi connectivity index (χ0) is 12.3. The van der Waals surface area contributed by atoms with Gasteiger partial charge in [-0.15, -0.1) is 0 Å². The van der Waals surface area contributed by atoms with Crippen LogP contribution < -0.4 is 5.73 Å². The van der Waals surface area contributed by atoms with Gasteiger partial charge in [0.15, 0.2) is 11.6 Å². The molecular weight excluding hydrogens is 213 g/mol. The lowest BCUT2D eigenvalue weighted by atomic mass is 9.98. The zero-order valence-electron chi connectivity index (χ0n) is 8.90. The van der Waals surface area contributed by atoms with Gasteiger partial charge in [-0.05, 0) is 30.0 Å². The first-order valence-electron chi connectivity index (χ1n) is 4.95. The Morgan fingerprint density at radius 1 is 1.56 bits per heavy atom. The van der Waals surface area contributed by atoms with Gasteiger partial charge < -0.3 is 15.9 Å². The molecule has 0 radical (unpaired) electrons. The van der Waals surface area contributed by atoms with Gasteiger partial charge >= 0.3 is 5.97 Å². The van der Waals surface area contributed by atoms with Gasteiger partial charge in [0.1, 0.15) is 6.04 Å². The molecule has 4 N–H and O–H groups in total. The summed E-state index contributed by atoms with van der Waals surface area (Å²) in [6, 6.07) is 1.65. The number of carboxylic acids is 1. The van der Waals surface area contributed by atoms with Crippen LogP contribution in [0, 0.1) is 5.82 Å². The molecule has 5 heteroatoms. The van der Waals surface area contributed by atoms with E-state index in [1.807, 2.05) is 0 Å². The number of aliphatic carboxylic acids is 1. The highest BCUT2D eigenvalue weighted by Crippen LogP contribution is 2.24. The lowest BCUT2D eigenvalue weighted by Gasteiger charge is -2.12. The largest absolute Gasteiger partial charge is 0.505 e. The molecule has 1 rings (SSSR count). The van der Waals surface area contributed by atoms with E-state index >= 15 is 0 Å². The van der Waals surface area contributed by atoms with E-state index < -0.39 is 23.6 Å². The molecule has 0 aliphatic heterocycles. The van der Waals surface area contributed by atoms with Crippen LogP contribution in [0.1, 0.15) is 18.1 Å². The summed E-state index contributed by atoms with van der Waals surface area (Å²) in [6.45, 7) is 1.73.